The van der Waals surface area contributed by atoms with Crippen LogP contribution < -0.4 is 4.98 Å². The van der Waals surface area contributed by atoms with Gasteiger partial charge in [-0.1, -0.05) is 0 Å². The number of aryl methyl sites for hydroxylation is 2. The molecule has 0 radical (unpaired) electrons. The van der Waals surface area contributed by atoms with Gasteiger partial charge in [-0.05, 0) is 0 Å². The zero-order chi connectivity index (χ0) is 16.9. The fourth-order valence-electron chi connectivity index (χ4n) is 0.690. The summed E-state index contributed by atoms with van der Waals surface area (Å²) in [4.78, 5) is 15.7. The molecule has 0 aromatic carbocycles. The Labute approximate surface area is 119 Å². The average Bonchev–Trinajstić information content (AvgIpc) is 2.89. The first-order valence-corrected chi connectivity index (χ1v) is 5.49. The summed E-state index contributed by atoms with van der Waals surface area (Å²) in [5.74, 6) is -0.833. The smallest absolute Gasteiger partial charge is 0.481 e. The van der Waals surface area contributed by atoms with E-state index in [1.807, 2.05) is 48.1 Å². The van der Waals surface area contributed by atoms with Crippen molar-refractivity contribution < 1.29 is 32.1 Å². The van der Waals surface area contributed by atoms with Crippen LogP contribution in [0.5, 0.6) is 0 Å². The van der Waals surface area contributed by atoms with Crippen molar-refractivity contribution in [1.82, 2.24) is 14.1 Å². The minimum absolute atomic E-state index is 0.833. The van der Waals surface area contributed by atoms with Gasteiger partial charge >= 0.3 is 7.25 Å². The number of hydrogen-bond donors (Lipinski definition) is 1. The largest absolute Gasteiger partial charge is 0.673 e. The van der Waals surface area contributed by atoms with Crippen molar-refractivity contribution in [3.8, 4) is 0 Å². The van der Waals surface area contributed by atoms with Crippen molar-refractivity contribution >= 4 is 13.2 Å². The second-order valence-electron chi connectivity index (χ2n) is 3.52. The SMILES string of the molecule is CC(=O)O.Cn1cc[nH+]c1.Cn1ccnc1.F[B-](F)(F)F. The number of aromatic nitrogens is 4. The van der Waals surface area contributed by atoms with Crippen LogP contribution in [0.3, 0.4) is 0 Å². The van der Waals surface area contributed by atoms with Gasteiger partial charge < -0.3 is 26.9 Å². The van der Waals surface area contributed by atoms with Gasteiger partial charge in [0.1, 0.15) is 12.4 Å². The molecule has 21 heavy (non-hydrogen) atoms. The third kappa shape index (κ3) is 31.9. The lowest BCUT2D eigenvalue weighted by Gasteiger charge is -1.94. The number of carboxylic acid groups (broad SMARTS) is 1. The highest BCUT2D eigenvalue weighted by atomic mass is 19.5. The van der Waals surface area contributed by atoms with Crippen molar-refractivity contribution in [3.05, 3.63) is 37.4 Å². The Morgan fingerprint density at radius 1 is 1.19 bits per heavy atom. The number of nitrogens with one attached hydrogen (secondary N) is 1. The average molecular weight is 312 g/mol. The normalized spacial score (nSPS) is 9.10. The van der Waals surface area contributed by atoms with Gasteiger partial charge in [0.2, 0.25) is 6.33 Å². The summed E-state index contributed by atoms with van der Waals surface area (Å²) in [7, 11) is -2.09. The van der Waals surface area contributed by atoms with E-state index >= 15 is 0 Å². The van der Waals surface area contributed by atoms with E-state index in [1.54, 1.807) is 12.5 Å². The predicted molar refractivity (Wildman–Crippen MR) is 68.7 cm³/mol. The zero-order valence-electron chi connectivity index (χ0n) is 11.8. The molecule has 0 atom stereocenters. The van der Waals surface area contributed by atoms with Crippen LogP contribution in [0.4, 0.5) is 17.3 Å². The summed E-state index contributed by atoms with van der Waals surface area (Å²) in [6, 6.07) is 0. The van der Waals surface area contributed by atoms with Crippen molar-refractivity contribution in [1.29, 1.82) is 0 Å². The van der Waals surface area contributed by atoms with Crippen LogP contribution in [0, 0.1) is 0 Å². The monoisotopic (exact) mass is 312 g/mol. The number of H-pyrrole nitrogens is 1. The Hall–Kier alpha value is -2.33. The van der Waals surface area contributed by atoms with E-state index in [4.69, 9.17) is 9.90 Å². The lowest BCUT2D eigenvalue weighted by Crippen LogP contribution is -2.02. The maximum Gasteiger partial charge on any atom is 0.673 e. The fraction of sp³-hybridized carbons (Fsp3) is 0.300. The molecule has 0 unspecified atom stereocenters. The number of hydrogen-bond acceptors (Lipinski definition) is 2. The van der Waals surface area contributed by atoms with E-state index in [9.17, 15) is 17.3 Å². The summed E-state index contributed by atoms with van der Waals surface area (Å²) < 4.78 is 42.8. The summed E-state index contributed by atoms with van der Waals surface area (Å²) in [5.41, 5.74) is 0. The van der Waals surface area contributed by atoms with Gasteiger partial charge in [-0.15, -0.1) is 0 Å². The molecule has 0 spiro atoms. The van der Waals surface area contributed by atoms with Crippen LogP contribution in [-0.4, -0.2) is 32.4 Å². The third-order valence-electron chi connectivity index (χ3n) is 1.32. The number of halogens is 4. The van der Waals surface area contributed by atoms with E-state index < -0.39 is 13.2 Å². The molecule has 0 fully saturated rings. The molecule has 0 amide bonds. The van der Waals surface area contributed by atoms with E-state index in [1.165, 1.54) is 0 Å². The van der Waals surface area contributed by atoms with Gasteiger partial charge in [0.25, 0.3) is 5.97 Å². The van der Waals surface area contributed by atoms with Gasteiger partial charge in [-0.25, -0.2) is 9.55 Å². The van der Waals surface area contributed by atoms with Crippen LogP contribution in [0.2, 0.25) is 0 Å². The molecule has 0 bridgehead atoms. The fourth-order valence-corrected chi connectivity index (χ4v) is 0.690. The predicted octanol–water partition coefficient (Wildman–Crippen LogP) is 1.65. The van der Waals surface area contributed by atoms with Crippen LogP contribution in [0.1, 0.15) is 6.92 Å². The number of carbonyl (C=O) groups is 1. The molecular weight excluding hydrogens is 295 g/mol. The topological polar surface area (TPSA) is 74.2 Å². The van der Waals surface area contributed by atoms with Crippen LogP contribution in [0.15, 0.2) is 37.4 Å². The molecule has 2 N–H and O–H groups in total. The Morgan fingerprint density at radius 2 is 1.67 bits per heavy atom. The van der Waals surface area contributed by atoms with E-state index in [-0.39, 0.29) is 0 Å². The summed E-state index contributed by atoms with van der Waals surface area (Å²) in [6.07, 6.45) is 11.1. The Balaban J connectivity index is 0. The molecule has 2 aromatic rings. The second-order valence-corrected chi connectivity index (χ2v) is 3.52. The van der Waals surface area contributed by atoms with E-state index in [0.717, 1.165) is 6.92 Å². The minimum Gasteiger partial charge on any atom is -0.481 e. The van der Waals surface area contributed by atoms with Crippen LogP contribution in [0.25, 0.3) is 0 Å². The molecule has 2 aromatic heterocycles. The highest BCUT2D eigenvalue weighted by Crippen LogP contribution is 2.06. The summed E-state index contributed by atoms with van der Waals surface area (Å²) in [5, 5.41) is 7.42. The van der Waals surface area contributed by atoms with Crippen molar-refractivity contribution in [2.75, 3.05) is 0 Å². The number of nitrogens with zero attached hydrogens (tertiary/aromatic N) is 3. The van der Waals surface area contributed by atoms with Gasteiger partial charge in [0, 0.05) is 26.4 Å². The maximum absolute atomic E-state index is 9.75. The molecule has 6 nitrogen and oxygen atoms in total. The Morgan fingerprint density at radius 3 is 1.76 bits per heavy atom. The van der Waals surface area contributed by atoms with Gasteiger partial charge in [0.05, 0.1) is 13.4 Å². The molecular formula is C10H17BF4N4O2. The number of aromatic amines is 1. The first kappa shape index (κ1) is 21.0. The highest BCUT2D eigenvalue weighted by molar-refractivity contribution is 6.50. The van der Waals surface area contributed by atoms with Gasteiger partial charge in [-0.3, -0.25) is 9.78 Å². The molecule has 0 aliphatic rings. The lowest BCUT2D eigenvalue weighted by atomic mass is 10.3. The van der Waals surface area contributed by atoms with Gasteiger partial charge in [0.15, 0.2) is 0 Å². The van der Waals surface area contributed by atoms with Crippen LogP contribution in [-0.2, 0) is 18.9 Å². The first-order valence-electron chi connectivity index (χ1n) is 5.49. The van der Waals surface area contributed by atoms with E-state index in [2.05, 4.69) is 9.97 Å². The summed E-state index contributed by atoms with van der Waals surface area (Å²) >= 11 is 0. The quantitative estimate of drug-likeness (QED) is 0.594. The van der Waals surface area contributed by atoms with Gasteiger partial charge in [-0.2, -0.15) is 0 Å². The highest BCUT2D eigenvalue weighted by Gasteiger charge is 2.20. The number of rotatable bonds is 0. The molecule has 2 rings (SSSR count). The summed E-state index contributed by atoms with van der Waals surface area (Å²) in [6.45, 7) is 1.08. The number of aliphatic carboxylic acids is 1. The van der Waals surface area contributed by atoms with Crippen LogP contribution >= 0.6 is 0 Å². The molecule has 11 heteroatoms. The minimum atomic E-state index is -6.00. The molecule has 0 aliphatic heterocycles. The number of imidazole rings is 2. The van der Waals surface area contributed by atoms with Crippen molar-refractivity contribution in [2.45, 2.75) is 6.92 Å². The number of carboxylic acids is 1. The van der Waals surface area contributed by atoms with Crippen molar-refractivity contribution in [3.63, 3.8) is 0 Å². The molecule has 0 saturated carbocycles. The second kappa shape index (κ2) is 11.5. The molecule has 2 heterocycles. The maximum atomic E-state index is 9.75. The standard InChI is InChI=1S/2C4H6N2.C2H4O2.BF4/c2*1-6-3-2-5-4-6;1-2(3)4;2-1(3,4)5/h2*2-4H,1H3;1H3,(H,3,4);/q;;;-1/p+1. The lowest BCUT2D eigenvalue weighted by molar-refractivity contribution is -0.377. The Kier molecular flexibility index (Phi) is 11.5. The first-order chi connectivity index (χ1) is 9.52. The van der Waals surface area contributed by atoms with E-state index in [0.29, 0.717) is 0 Å². The molecule has 0 saturated heterocycles. The molecule has 0 aliphatic carbocycles. The Bertz CT molecular complexity index is 418. The zero-order valence-corrected chi connectivity index (χ0v) is 11.8. The third-order valence-corrected chi connectivity index (χ3v) is 1.32. The molecule has 120 valence electrons. The van der Waals surface area contributed by atoms with Crippen molar-refractivity contribution in [2.24, 2.45) is 14.1 Å².